The van der Waals surface area contributed by atoms with Crippen LogP contribution in [0.15, 0.2) is 4.99 Å². The van der Waals surface area contributed by atoms with E-state index in [0.717, 1.165) is 77.7 Å². The lowest BCUT2D eigenvalue weighted by atomic mass is 10.2. The summed E-state index contributed by atoms with van der Waals surface area (Å²) in [4.78, 5) is 4.58. The number of hydrogen-bond donors (Lipinski definition) is 2. The lowest BCUT2D eigenvalue weighted by Gasteiger charge is -2.12. The van der Waals surface area contributed by atoms with Gasteiger partial charge in [0, 0.05) is 46.6 Å². The first-order valence-corrected chi connectivity index (χ1v) is 9.07. The Bertz CT molecular complexity index is 295. The van der Waals surface area contributed by atoms with Crippen LogP contribution in [0.2, 0.25) is 0 Å². The van der Waals surface area contributed by atoms with Gasteiger partial charge in [0.15, 0.2) is 5.96 Å². The number of ether oxygens (including phenoxy) is 3. The van der Waals surface area contributed by atoms with Crippen molar-refractivity contribution in [2.24, 2.45) is 4.99 Å². The summed E-state index contributed by atoms with van der Waals surface area (Å²) in [5.74, 6) is 0.901. The van der Waals surface area contributed by atoms with Crippen molar-refractivity contribution < 1.29 is 14.2 Å². The van der Waals surface area contributed by atoms with Crippen molar-refractivity contribution in [3.05, 3.63) is 0 Å². The van der Waals surface area contributed by atoms with E-state index in [4.69, 9.17) is 14.2 Å². The van der Waals surface area contributed by atoms with Gasteiger partial charge in [-0.25, -0.2) is 0 Å². The summed E-state index contributed by atoms with van der Waals surface area (Å²) in [7, 11) is 1.75. The molecule has 0 bridgehead atoms. The van der Waals surface area contributed by atoms with Crippen LogP contribution in [-0.4, -0.2) is 65.2 Å². The lowest BCUT2D eigenvalue weighted by molar-refractivity contribution is 0.0171. The summed E-state index contributed by atoms with van der Waals surface area (Å²) < 4.78 is 16.2. The van der Waals surface area contributed by atoms with Crippen molar-refractivity contribution in [2.45, 2.75) is 51.6 Å². The summed E-state index contributed by atoms with van der Waals surface area (Å²) >= 11 is 0. The van der Waals surface area contributed by atoms with Crippen molar-refractivity contribution in [3.8, 4) is 0 Å². The van der Waals surface area contributed by atoms with E-state index in [-0.39, 0.29) is 0 Å². The first-order valence-electron chi connectivity index (χ1n) is 9.07. The SMILES string of the molecule is CCNC(=NCCCOCC1CCCO1)NCCCCCOC. The fourth-order valence-corrected chi connectivity index (χ4v) is 2.44. The van der Waals surface area contributed by atoms with E-state index in [2.05, 4.69) is 22.5 Å². The van der Waals surface area contributed by atoms with E-state index < -0.39 is 0 Å². The number of aliphatic imine (C=N–C) groups is 1. The molecule has 136 valence electrons. The molecule has 0 aromatic carbocycles. The molecule has 1 unspecified atom stereocenters. The standard InChI is InChI=1S/C17H35N3O3/c1-3-18-17(19-10-5-4-6-12-21-2)20-11-8-13-22-15-16-9-7-14-23-16/h16H,3-15H2,1-2H3,(H2,18,19,20). The van der Waals surface area contributed by atoms with Gasteiger partial charge >= 0.3 is 0 Å². The van der Waals surface area contributed by atoms with Gasteiger partial charge in [0.2, 0.25) is 0 Å². The molecule has 1 fully saturated rings. The van der Waals surface area contributed by atoms with Crippen LogP contribution in [0.3, 0.4) is 0 Å². The number of guanidine groups is 1. The number of methoxy groups -OCH3 is 1. The first-order chi connectivity index (χ1) is 11.4. The Balaban J connectivity index is 2.01. The van der Waals surface area contributed by atoms with Gasteiger partial charge in [0.05, 0.1) is 12.7 Å². The average Bonchev–Trinajstić information content (AvgIpc) is 3.07. The molecule has 0 radical (unpaired) electrons. The molecule has 1 atom stereocenters. The maximum atomic E-state index is 5.65. The normalized spacial score (nSPS) is 18.3. The molecule has 1 rings (SSSR count). The molecule has 0 amide bonds. The fourth-order valence-electron chi connectivity index (χ4n) is 2.44. The molecule has 0 aromatic heterocycles. The van der Waals surface area contributed by atoms with Crippen LogP contribution in [0.4, 0.5) is 0 Å². The quantitative estimate of drug-likeness (QED) is 0.307. The molecule has 1 aliphatic rings. The third-order valence-electron chi connectivity index (χ3n) is 3.71. The van der Waals surface area contributed by atoms with Crippen molar-refractivity contribution in [1.29, 1.82) is 0 Å². The van der Waals surface area contributed by atoms with E-state index in [1.54, 1.807) is 7.11 Å². The van der Waals surface area contributed by atoms with E-state index in [0.29, 0.717) is 6.10 Å². The molecule has 1 heterocycles. The zero-order valence-corrected chi connectivity index (χ0v) is 14.9. The zero-order chi connectivity index (χ0) is 16.6. The number of nitrogens with one attached hydrogen (secondary N) is 2. The van der Waals surface area contributed by atoms with Gasteiger partial charge in [-0.05, 0) is 45.4 Å². The molecule has 1 aliphatic heterocycles. The predicted molar refractivity (Wildman–Crippen MR) is 94.1 cm³/mol. The minimum absolute atomic E-state index is 0.315. The highest BCUT2D eigenvalue weighted by Gasteiger charge is 2.14. The van der Waals surface area contributed by atoms with Gasteiger partial charge in [0.1, 0.15) is 0 Å². The van der Waals surface area contributed by atoms with Crippen LogP contribution in [0.5, 0.6) is 0 Å². The monoisotopic (exact) mass is 329 g/mol. The second-order valence-electron chi connectivity index (χ2n) is 5.80. The lowest BCUT2D eigenvalue weighted by Crippen LogP contribution is -2.37. The summed E-state index contributed by atoms with van der Waals surface area (Å²) in [6, 6.07) is 0. The van der Waals surface area contributed by atoms with Crippen LogP contribution in [0, 0.1) is 0 Å². The second-order valence-corrected chi connectivity index (χ2v) is 5.80. The van der Waals surface area contributed by atoms with Gasteiger partial charge < -0.3 is 24.8 Å². The molecule has 0 aliphatic carbocycles. The van der Waals surface area contributed by atoms with Gasteiger partial charge in [0.25, 0.3) is 0 Å². The number of unbranched alkanes of at least 4 members (excludes halogenated alkanes) is 2. The van der Waals surface area contributed by atoms with Crippen LogP contribution in [0.25, 0.3) is 0 Å². The van der Waals surface area contributed by atoms with Gasteiger partial charge in [-0.3, -0.25) is 4.99 Å². The Kier molecular flexibility index (Phi) is 12.9. The zero-order valence-electron chi connectivity index (χ0n) is 14.9. The van der Waals surface area contributed by atoms with Crippen LogP contribution >= 0.6 is 0 Å². The molecule has 0 aromatic rings. The molecule has 6 heteroatoms. The minimum atomic E-state index is 0.315. The maximum absolute atomic E-state index is 5.65. The molecule has 1 saturated heterocycles. The third-order valence-corrected chi connectivity index (χ3v) is 3.71. The topological polar surface area (TPSA) is 64.1 Å². The van der Waals surface area contributed by atoms with Crippen molar-refractivity contribution in [1.82, 2.24) is 10.6 Å². The molecule has 0 saturated carbocycles. The van der Waals surface area contributed by atoms with Gasteiger partial charge in [-0.2, -0.15) is 0 Å². The van der Waals surface area contributed by atoms with Gasteiger partial charge in [-0.1, -0.05) is 0 Å². The highest BCUT2D eigenvalue weighted by atomic mass is 16.5. The number of nitrogens with zero attached hydrogens (tertiary/aromatic N) is 1. The molecule has 0 spiro atoms. The van der Waals surface area contributed by atoms with Crippen molar-refractivity contribution >= 4 is 5.96 Å². The summed E-state index contributed by atoms with van der Waals surface area (Å²) in [5, 5.41) is 6.64. The summed E-state index contributed by atoms with van der Waals surface area (Å²) in [5.41, 5.74) is 0. The Morgan fingerprint density at radius 2 is 2.09 bits per heavy atom. The van der Waals surface area contributed by atoms with Crippen molar-refractivity contribution in [3.63, 3.8) is 0 Å². The van der Waals surface area contributed by atoms with E-state index in [9.17, 15) is 0 Å². The average molecular weight is 329 g/mol. The number of rotatable bonds is 13. The van der Waals surface area contributed by atoms with Crippen LogP contribution < -0.4 is 10.6 Å². The maximum Gasteiger partial charge on any atom is 0.191 e. The summed E-state index contributed by atoms with van der Waals surface area (Å²) in [6.07, 6.45) is 7.00. The van der Waals surface area contributed by atoms with Crippen molar-refractivity contribution in [2.75, 3.05) is 53.2 Å². The Labute approximate surface area is 141 Å². The molecular weight excluding hydrogens is 294 g/mol. The summed E-state index contributed by atoms with van der Waals surface area (Å²) in [6.45, 7) is 7.91. The second kappa shape index (κ2) is 14.7. The Hall–Kier alpha value is -0.850. The van der Waals surface area contributed by atoms with E-state index in [1.165, 1.54) is 12.8 Å². The highest BCUT2D eigenvalue weighted by molar-refractivity contribution is 5.79. The third kappa shape index (κ3) is 11.3. The molecule has 23 heavy (non-hydrogen) atoms. The van der Waals surface area contributed by atoms with E-state index >= 15 is 0 Å². The molecular formula is C17H35N3O3. The minimum Gasteiger partial charge on any atom is -0.385 e. The predicted octanol–water partition coefficient (Wildman–Crippen LogP) is 1.94. The number of hydrogen-bond acceptors (Lipinski definition) is 4. The van der Waals surface area contributed by atoms with Crippen LogP contribution in [-0.2, 0) is 14.2 Å². The van der Waals surface area contributed by atoms with E-state index in [1.807, 2.05) is 0 Å². The van der Waals surface area contributed by atoms with Gasteiger partial charge in [-0.15, -0.1) is 0 Å². The largest absolute Gasteiger partial charge is 0.385 e. The molecule has 2 N–H and O–H groups in total. The Morgan fingerprint density at radius 3 is 2.83 bits per heavy atom. The highest BCUT2D eigenvalue weighted by Crippen LogP contribution is 2.11. The van der Waals surface area contributed by atoms with Crippen LogP contribution in [0.1, 0.15) is 45.4 Å². The fraction of sp³-hybridized carbons (Fsp3) is 0.941. The Morgan fingerprint density at radius 1 is 1.17 bits per heavy atom. The molecule has 6 nitrogen and oxygen atoms in total. The first kappa shape index (κ1) is 20.2. The smallest absolute Gasteiger partial charge is 0.191 e.